The Morgan fingerprint density at radius 2 is 2.23 bits per heavy atom. The van der Waals surface area contributed by atoms with Crippen molar-refractivity contribution < 1.29 is 9.90 Å². The van der Waals surface area contributed by atoms with Crippen LogP contribution in [0.15, 0.2) is 18.6 Å². The highest BCUT2D eigenvalue weighted by atomic mass is 16.3. The lowest BCUT2D eigenvalue weighted by atomic mass is 9.87. The van der Waals surface area contributed by atoms with Gasteiger partial charge < -0.3 is 10.4 Å². The van der Waals surface area contributed by atoms with Gasteiger partial charge in [-0.25, -0.2) is 14.5 Å². The highest BCUT2D eigenvalue weighted by molar-refractivity contribution is 5.89. The largest absolute Gasteiger partial charge is 0.394 e. The van der Waals surface area contributed by atoms with Gasteiger partial charge in [0.15, 0.2) is 11.6 Å². The summed E-state index contributed by atoms with van der Waals surface area (Å²) in [5, 5.41) is 19.9. The van der Waals surface area contributed by atoms with E-state index in [2.05, 4.69) is 25.7 Å². The van der Waals surface area contributed by atoms with Crippen molar-refractivity contribution >= 4 is 11.8 Å². The number of amides is 2. The summed E-state index contributed by atoms with van der Waals surface area (Å²) in [5.41, 5.74) is 1.98. The van der Waals surface area contributed by atoms with E-state index in [-0.39, 0.29) is 24.1 Å². The number of hydrogen-bond acceptors (Lipinski definition) is 5. The van der Waals surface area contributed by atoms with E-state index >= 15 is 0 Å². The fourth-order valence-corrected chi connectivity index (χ4v) is 3.63. The molecule has 26 heavy (non-hydrogen) atoms. The number of aromatic nitrogens is 4. The van der Waals surface area contributed by atoms with Gasteiger partial charge in [0, 0.05) is 23.9 Å². The molecule has 8 heteroatoms. The third-order valence-electron chi connectivity index (χ3n) is 5.30. The van der Waals surface area contributed by atoms with Gasteiger partial charge in [-0.15, -0.1) is 5.10 Å². The average molecular weight is 356 g/mol. The maximum atomic E-state index is 12.5. The molecule has 2 unspecified atom stereocenters. The third-order valence-corrected chi connectivity index (χ3v) is 5.30. The van der Waals surface area contributed by atoms with Crippen molar-refractivity contribution in [1.82, 2.24) is 25.1 Å². The van der Waals surface area contributed by atoms with E-state index in [1.165, 1.54) is 6.42 Å². The van der Waals surface area contributed by atoms with Gasteiger partial charge in [-0.1, -0.05) is 20.8 Å². The number of carbonyl (C=O) groups is 1. The highest BCUT2D eigenvalue weighted by Crippen LogP contribution is 2.58. The van der Waals surface area contributed by atoms with E-state index in [1.807, 2.05) is 25.5 Å². The van der Waals surface area contributed by atoms with E-state index in [0.29, 0.717) is 23.5 Å². The molecule has 0 bridgehead atoms. The first-order chi connectivity index (χ1) is 12.4. The molecule has 0 spiro atoms. The molecule has 1 saturated carbocycles. The first-order valence-electron chi connectivity index (χ1n) is 8.95. The molecule has 2 aromatic heterocycles. The number of rotatable bonds is 4. The molecule has 2 amide bonds. The van der Waals surface area contributed by atoms with Gasteiger partial charge in [-0.2, -0.15) is 0 Å². The van der Waals surface area contributed by atoms with Crippen LogP contribution in [0.1, 0.15) is 44.4 Å². The lowest BCUT2D eigenvalue weighted by Crippen LogP contribution is -2.47. The molecule has 4 rings (SSSR count). The minimum Gasteiger partial charge on any atom is -0.394 e. The molecule has 0 radical (unpaired) electrons. The Kier molecular flexibility index (Phi) is 3.95. The SMILES string of the molecule is CC(C)(C)[C@@H](CO)NC(=O)Nc1nn(-c2cnccn2)c2c1CC1CC21. The van der Waals surface area contributed by atoms with Crippen LogP contribution in [-0.2, 0) is 6.42 Å². The van der Waals surface area contributed by atoms with E-state index in [4.69, 9.17) is 0 Å². The first-order valence-corrected chi connectivity index (χ1v) is 8.95. The van der Waals surface area contributed by atoms with E-state index < -0.39 is 0 Å². The standard InChI is InChI=1S/C18H24N6O2/c1-18(2,3)13(9-25)21-17(26)22-16-12-7-10-6-11(10)15(12)24(23-16)14-8-19-4-5-20-14/h4-5,8,10-11,13,25H,6-7,9H2,1-3H3,(H2,21,22,23,26)/t10?,11?,13-/m1/s1. The molecule has 1 fully saturated rings. The summed E-state index contributed by atoms with van der Waals surface area (Å²) in [5.74, 6) is 2.38. The predicted octanol–water partition coefficient (Wildman–Crippen LogP) is 1.85. The second-order valence-electron chi connectivity index (χ2n) is 8.19. The summed E-state index contributed by atoms with van der Waals surface area (Å²) in [6.45, 7) is 5.81. The maximum Gasteiger partial charge on any atom is 0.320 e. The van der Waals surface area contributed by atoms with Gasteiger partial charge >= 0.3 is 6.03 Å². The second kappa shape index (κ2) is 6.05. The predicted molar refractivity (Wildman–Crippen MR) is 96.2 cm³/mol. The average Bonchev–Trinajstić information content (AvgIpc) is 3.13. The summed E-state index contributed by atoms with van der Waals surface area (Å²) >= 11 is 0. The number of nitrogens with zero attached hydrogens (tertiary/aromatic N) is 4. The van der Waals surface area contributed by atoms with Gasteiger partial charge in [0.25, 0.3) is 0 Å². The number of carbonyl (C=O) groups excluding carboxylic acids is 1. The Morgan fingerprint density at radius 1 is 1.42 bits per heavy atom. The molecule has 2 aliphatic carbocycles. The zero-order chi connectivity index (χ0) is 18.5. The number of aliphatic hydroxyl groups is 1. The van der Waals surface area contributed by atoms with E-state index in [9.17, 15) is 9.90 Å². The Bertz CT molecular complexity index is 826. The van der Waals surface area contributed by atoms with Crippen molar-refractivity contribution in [3.05, 3.63) is 29.8 Å². The lowest BCUT2D eigenvalue weighted by Gasteiger charge is -2.29. The summed E-state index contributed by atoms with van der Waals surface area (Å²) in [4.78, 5) is 20.9. The Balaban J connectivity index is 1.58. The van der Waals surface area contributed by atoms with Crippen LogP contribution in [0.3, 0.4) is 0 Å². The number of aliphatic hydroxyl groups excluding tert-OH is 1. The van der Waals surface area contributed by atoms with Crippen LogP contribution >= 0.6 is 0 Å². The van der Waals surface area contributed by atoms with Crippen LogP contribution in [0, 0.1) is 11.3 Å². The minimum absolute atomic E-state index is 0.118. The summed E-state index contributed by atoms with van der Waals surface area (Å²) in [7, 11) is 0. The lowest BCUT2D eigenvalue weighted by molar-refractivity contribution is 0.162. The van der Waals surface area contributed by atoms with Crippen molar-refractivity contribution in [1.29, 1.82) is 0 Å². The molecule has 0 aliphatic heterocycles. The molecule has 2 aromatic rings. The summed E-state index contributed by atoms with van der Waals surface area (Å²) in [6, 6.07) is -0.697. The molecular formula is C18H24N6O2. The van der Waals surface area contributed by atoms with Gasteiger partial charge in [0.05, 0.1) is 24.5 Å². The van der Waals surface area contributed by atoms with Crippen molar-refractivity contribution in [3.8, 4) is 5.82 Å². The zero-order valence-corrected chi connectivity index (χ0v) is 15.2. The Morgan fingerprint density at radius 3 is 2.88 bits per heavy atom. The fourth-order valence-electron chi connectivity index (χ4n) is 3.63. The number of urea groups is 1. The quantitative estimate of drug-likeness (QED) is 0.775. The number of nitrogens with one attached hydrogen (secondary N) is 2. The van der Waals surface area contributed by atoms with E-state index in [1.54, 1.807) is 18.6 Å². The molecular weight excluding hydrogens is 332 g/mol. The Hall–Kier alpha value is -2.48. The first kappa shape index (κ1) is 17.0. The molecule has 2 heterocycles. The van der Waals surface area contributed by atoms with Crippen molar-refractivity contribution in [2.24, 2.45) is 11.3 Å². The fraction of sp³-hybridized carbons (Fsp3) is 0.556. The topological polar surface area (TPSA) is 105 Å². The summed E-state index contributed by atoms with van der Waals surface area (Å²) in [6.07, 6.45) is 7.03. The van der Waals surface area contributed by atoms with Crippen LogP contribution in [-0.4, -0.2) is 43.5 Å². The monoisotopic (exact) mass is 356 g/mol. The van der Waals surface area contributed by atoms with Crippen LogP contribution < -0.4 is 10.6 Å². The van der Waals surface area contributed by atoms with E-state index in [0.717, 1.165) is 17.7 Å². The number of anilines is 1. The van der Waals surface area contributed by atoms with Crippen molar-refractivity contribution in [2.75, 3.05) is 11.9 Å². The molecule has 3 atom stereocenters. The molecule has 138 valence electrons. The van der Waals surface area contributed by atoms with Crippen LogP contribution in [0.4, 0.5) is 10.6 Å². The van der Waals surface area contributed by atoms with Crippen LogP contribution in [0.2, 0.25) is 0 Å². The maximum absolute atomic E-state index is 12.5. The summed E-state index contributed by atoms with van der Waals surface area (Å²) < 4.78 is 1.81. The molecule has 8 nitrogen and oxygen atoms in total. The molecule has 2 aliphatic rings. The smallest absolute Gasteiger partial charge is 0.320 e. The van der Waals surface area contributed by atoms with Crippen molar-refractivity contribution in [2.45, 2.75) is 45.6 Å². The normalized spacial score (nSPS) is 21.7. The van der Waals surface area contributed by atoms with Gasteiger partial charge in [-0.3, -0.25) is 10.3 Å². The van der Waals surface area contributed by atoms with Crippen LogP contribution in [0.5, 0.6) is 0 Å². The van der Waals surface area contributed by atoms with Gasteiger partial charge in [-0.05, 0) is 24.2 Å². The Labute approximate surface area is 152 Å². The van der Waals surface area contributed by atoms with Crippen LogP contribution in [0.25, 0.3) is 5.82 Å². The number of fused-ring (bicyclic) bond motifs is 3. The molecule has 0 saturated heterocycles. The third kappa shape index (κ3) is 2.94. The van der Waals surface area contributed by atoms with Gasteiger partial charge in [0.1, 0.15) is 0 Å². The molecule has 0 aromatic carbocycles. The zero-order valence-electron chi connectivity index (χ0n) is 15.2. The highest BCUT2D eigenvalue weighted by Gasteiger charge is 2.49. The number of hydrogen-bond donors (Lipinski definition) is 3. The van der Waals surface area contributed by atoms with Crippen molar-refractivity contribution in [3.63, 3.8) is 0 Å². The minimum atomic E-state index is -0.355. The molecule has 3 N–H and O–H groups in total. The second-order valence-corrected chi connectivity index (χ2v) is 8.19. The van der Waals surface area contributed by atoms with Gasteiger partial charge in [0.2, 0.25) is 0 Å².